The first kappa shape index (κ1) is 18.9. The molecule has 0 bridgehead atoms. The Kier molecular flexibility index (Phi) is 4.65. The van der Waals surface area contributed by atoms with Crippen molar-refractivity contribution in [3.63, 3.8) is 0 Å². The predicted molar refractivity (Wildman–Crippen MR) is 107 cm³/mol. The number of carbonyl (C=O) groups excluding carboxylic acids is 1. The van der Waals surface area contributed by atoms with Gasteiger partial charge in [-0.25, -0.2) is 9.69 Å². The molecule has 0 atom stereocenters. The summed E-state index contributed by atoms with van der Waals surface area (Å²) < 4.78 is 6.63. The number of aliphatic hydroxyl groups excluding tert-OH is 1. The van der Waals surface area contributed by atoms with Gasteiger partial charge in [-0.2, -0.15) is 0 Å². The Balaban J connectivity index is 2.25. The van der Waals surface area contributed by atoms with E-state index in [1.54, 1.807) is 4.90 Å². The van der Waals surface area contributed by atoms with Crippen LogP contribution in [0, 0.1) is 0 Å². The molecule has 0 fully saturated rings. The fraction of sp³-hybridized carbons (Fsp3) is 0.381. The molecule has 5 heteroatoms. The third-order valence-electron chi connectivity index (χ3n) is 4.61. The van der Waals surface area contributed by atoms with Crippen molar-refractivity contribution in [3.8, 4) is 0 Å². The maximum Gasteiger partial charge on any atom is 0.419 e. The summed E-state index contributed by atoms with van der Waals surface area (Å²) in [6.45, 7) is 9.79. The summed E-state index contributed by atoms with van der Waals surface area (Å²) in [6.07, 6.45) is -0.408. The third kappa shape index (κ3) is 3.26. The zero-order valence-corrected chi connectivity index (χ0v) is 17.3. The van der Waals surface area contributed by atoms with Crippen LogP contribution in [0.5, 0.6) is 0 Å². The fourth-order valence-corrected chi connectivity index (χ4v) is 3.72. The molecule has 0 spiro atoms. The van der Waals surface area contributed by atoms with Crippen molar-refractivity contribution in [2.75, 3.05) is 4.90 Å². The molecule has 0 radical (unpaired) electrons. The molecule has 0 saturated carbocycles. The molecule has 2 aromatic carbocycles. The van der Waals surface area contributed by atoms with Crippen LogP contribution in [0.15, 0.2) is 40.9 Å². The van der Waals surface area contributed by atoms with Gasteiger partial charge in [-0.3, -0.25) is 0 Å². The van der Waals surface area contributed by atoms with Gasteiger partial charge >= 0.3 is 6.09 Å². The zero-order valence-electron chi connectivity index (χ0n) is 15.8. The van der Waals surface area contributed by atoms with Crippen molar-refractivity contribution in [1.82, 2.24) is 0 Å². The first-order valence-electron chi connectivity index (χ1n) is 8.62. The van der Waals surface area contributed by atoms with Crippen molar-refractivity contribution in [2.24, 2.45) is 0 Å². The van der Waals surface area contributed by atoms with Gasteiger partial charge in [0.1, 0.15) is 5.60 Å². The summed E-state index contributed by atoms with van der Waals surface area (Å²) in [7, 11) is 0. The van der Waals surface area contributed by atoms with E-state index in [2.05, 4.69) is 29.8 Å². The maximum atomic E-state index is 13.0. The highest BCUT2D eigenvalue weighted by Crippen LogP contribution is 2.50. The summed E-state index contributed by atoms with van der Waals surface area (Å²) in [4.78, 5) is 14.7. The minimum absolute atomic E-state index is 0.0405. The molecule has 1 aliphatic rings. The highest BCUT2D eigenvalue weighted by molar-refractivity contribution is 9.10. The highest BCUT2D eigenvalue weighted by atomic mass is 79.9. The molecule has 3 rings (SSSR count). The number of amides is 1. The number of hydrogen-bond donors (Lipinski definition) is 1. The van der Waals surface area contributed by atoms with Crippen molar-refractivity contribution >= 4 is 33.4 Å². The molecule has 1 amide bonds. The molecule has 0 unspecified atom stereocenters. The Labute approximate surface area is 162 Å². The molecular formula is C21H24BrNO3. The Morgan fingerprint density at radius 3 is 2.27 bits per heavy atom. The number of carbonyl (C=O) groups is 1. The Bertz CT molecular complexity index is 868. The number of ether oxygens (including phenoxy) is 1. The van der Waals surface area contributed by atoms with Gasteiger partial charge in [-0.15, -0.1) is 0 Å². The van der Waals surface area contributed by atoms with Gasteiger partial charge in [0.25, 0.3) is 0 Å². The number of aliphatic hydroxyl groups is 1. The van der Waals surface area contributed by atoms with Crippen molar-refractivity contribution < 1.29 is 14.6 Å². The summed E-state index contributed by atoms with van der Waals surface area (Å²) >= 11 is 3.54. The van der Waals surface area contributed by atoms with Crippen LogP contribution < -0.4 is 4.90 Å². The second-order valence-corrected chi connectivity index (χ2v) is 9.03. The van der Waals surface area contributed by atoms with Crippen molar-refractivity contribution in [3.05, 3.63) is 57.6 Å². The predicted octanol–water partition coefficient (Wildman–Crippen LogP) is 5.65. The van der Waals surface area contributed by atoms with Crippen LogP contribution in [0.25, 0.3) is 0 Å². The standard InChI is InChI=1S/C21H24BrNO3/c1-20(2,3)26-19(25)23-17-8-6-13(12-24)10-15(17)21(4,5)16-11-14(22)7-9-18(16)23/h6-11,24H,12H2,1-5H3. The number of nitrogens with zero attached hydrogens (tertiary/aromatic N) is 1. The number of rotatable bonds is 1. The van der Waals surface area contributed by atoms with Crippen molar-refractivity contribution in [2.45, 2.75) is 52.2 Å². The monoisotopic (exact) mass is 417 g/mol. The smallest absolute Gasteiger partial charge is 0.419 e. The van der Waals surface area contributed by atoms with Gasteiger partial charge < -0.3 is 9.84 Å². The fourth-order valence-electron chi connectivity index (χ4n) is 3.36. The minimum atomic E-state index is -0.592. The average molecular weight is 418 g/mol. The number of halogens is 1. The molecular weight excluding hydrogens is 394 g/mol. The third-order valence-corrected chi connectivity index (χ3v) is 5.10. The van der Waals surface area contributed by atoms with Crippen LogP contribution >= 0.6 is 15.9 Å². The van der Waals surface area contributed by atoms with Crippen LogP contribution in [-0.4, -0.2) is 16.8 Å². The van der Waals surface area contributed by atoms with Crippen LogP contribution in [0.2, 0.25) is 0 Å². The van der Waals surface area contributed by atoms with E-state index in [0.717, 1.165) is 32.5 Å². The van der Waals surface area contributed by atoms with E-state index in [1.165, 1.54) is 0 Å². The molecule has 2 aromatic rings. The molecule has 1 heterocycles. The lowest BCUT2D eigenvalue weighted by Crippen LogP contribution is -2.39. The normalized spacial score (nSPS) is 15.3. The van der Waals surface area contributed by atoms with Gasteiger partial charge in [0, 0.05) is 9.89 Å². The number of hydrogen-bond acceptors (Lipinski definition) is 3. The number of anilines is 2. The van der Waals surface area contributed by atoms with Gasteiger partial charge in [-0.05, 0) is 61.7 Å². The molecule has 26 heavy (non-hydrogen) atoms. The second-order valence-electron chi connectivity index (χ2n) is 8.11. The summed E-state index contributed by atoms with van der Waals surface area (Å²) in [5.41, 5.74) is 3.52. The molecule has 0 saturated heterocycles. The molecule has 1 aliphatic heterocycles. The van der Waals surface area contributed by atoms with E-state index in [-0.39, 0.29) is 12.0 Å². The summed E-state index contributed by atoms with van der Waals surface area (Å²) in [5.74, 6) is 0. The Morgan fingerprint density at radius 1 is 1.12 bits per heavy atom. The quantitative estimate of drug-likeness (QED) is 0.651. The van der Waals surface area contributed by atoms with Crippen LogP contribution in [0.1, 0.15) is 51.3 Å². The van der Waals surface area contributed by atoms with Gasteiger partial charge in [0.15, 0.2) is 0 Å². The van der Waals surface area contributed by atoms with E-state index in [9.17, 15) is 9.90 Å². The van der Waals surface area contributed by atoms with Gasteiger partial charge in [-0.1, -0.05) is 41.9 Å². The lowest BCUT2D eigenvalue weighted by molar-refractivity contribution is 0.0597. The maximum absolute atomic E-state index is 13.0. The van der Waals surface area contributed by atoms with Crippen LogP contribution in [0.4, 0.5) is 16.2 Å². The first-order valence-corrected chi connectivity index (χ1v) is 9.41. The highest BCUT2D eigenvalue weighted by Gasteiger charge is 2.40. The van der Waals surface area contributed by atoms with Gasteiger partial charge in [0.2, 0.25) is 0 Å². The summed E-state index contributed by atoms with van der Waals surface area (Å²) in [5, 5.41) is 9.56. The van der Waals surface area contributed by atoms with Crippen LogP contribution in [-0.2, 0) is 16.8 Å². The largest absolute Gasteiger partial charge is 0.443 e. The van der Waals surface area contributed by atoms with Gasteiger partial charge in [0.05, 0.1) is 18.0 Å². The molecule has 138 valence electrons. The van der Waals surface area contributed by atoms with E-state index >= 15 is 0 Å². The molecule has 0 aromatic heterocycles. The summed E-state index contributed by atoms with van der Waals surface area (Å²) in [6, 6.07) is 11.6. The lowest BCUT2D eigenvalue weighted by Gasteiger charge is -2.41. The zero-order chi connectivity index (χ0) is 19.3. The number of benzene rings is 2. The van der Waals surface area contributed by atoms with E-state index in [4.69, 9.17) is 4.74 Å². The molecule has 0 aliphatic carbocycles. The second kappa shape index (κ2) is 6.39. The Hall–Kier alpha value is -1.85. The molecule has 4 nitrogen and oxygen atoms in total. The SMILES string of the molecule is CC(C)(C)OC(=O)N1c2ccc(Br)cc2C(C)(C)c2cc(CO)ccc21. The topological polar surface area (TPSA) is 49.8 Å². The van der Waals surface area contributed by atoms with E-state index < -0.39 is 11.7 Å². The van der Waals surface area contributed by atoms with Crippen LogP contribution in [0.3, 0.4) is 0 Å². The molecule has 1 N–H and O–H groups in total. The van der Waals surface area contributed by atoms with E-state index in [0.29, 0.717) is 0 Å². The lowest BCUT2D eigenvalue weighted by atomic mass is 9.73. The Morgan fingerprint density at radius 2 is 1.69 bits per heavy atom. The number of fused-ring (bicyclic) bond motifs is 2. The van der Waals surface area contributed by atoms with E-state index in [1.807, 2.05) is 57.2 Å². The average Bonchev–Trinajstić information content (AvgIpc) is 2.54. The first-order chi connectivity index (χ1) is 12.0. The van der Waals surface area contributed by atoms with Crippen molar-refractivity contribution in [1.29, 1.82) is 0 Å². The minimum Gasteiger partial charge on any atom is -0.443 e.